The van der Waals surface area contributed by atoms with Crippen molar-refractivity contribution in [2.24, 2.45) is 0 Å². The molecule has 0 aliphatic heterocycles. The normalized spacial score (nSPS) is 13.1. The van der Waals surface area contributed by atoms with E-state index in [0.29, 0.717) is 6.47 Å². The third-order valence-corrected chi connectivity index (χ3v) is 4.19. The Balaban J connectivity index is 0.000000255. The van der Waals surface area contributed by atoms with Gasteiger partial charge in [0.1, 0.15) is 0 Å². The van der Waals surface area contributed by atoms with Gasteiger partial charge in [0.15, 0.2) is 0 Å². The molecule has 3 rings (SSSR count). The van der Waals surface area contributed by atoms with Gasteiger partial charge in [-0.1, -0.05) is 106 Å². The maximum absolute atomic E-state index is 8.95. The van der Waals surface area contributed by atoms with Gasteiger partial charge in [-0.25, -0.2) is 0 Å². The molecule has 0 spiro atoms. The molecular formula is C23H33NO2. The summed E-state index contributed by atoms with van der Waals surface area (Å²) < 4.78 is 3.86. The van der Waals surface area contributed by atoms with E-state index in [1.807, 2.05) is 12.1 Å². The minimum atomic E-state index is 0.375. The molecular weight excluding hydrogens is 322 g/mol. The van der Waals surface area contributed by atoms with Gasteiger partial charge in [0.05, 0.1) is 7.11 Å². The number of hydrogen-bond donors (Lipinski definition) is 1. The molecule has 1 aliphatic rings. The van der Waals surface area contributed by atoms with Crippen LogP contribution in [-0.2, 0) is 22.6 Å². The van der Waals surface area contributed by atoms with Crippen molar-refractivity contribution < 1.29 is 9.53 Å². The molecule has 0 bridgehead atoms. The average molecular weight is 356 g/mol. The molecule has 1 N–H and O–H groups in total. The van der Waals surface area contributed by atoms with Gasteiger partial charge in [-0.15, -0.1) is 0 Å². The SMILES string of the molecule is C1CCCCCC1.COC=O.c1ccc(CNCc2ccccc2)cc1. The minimum absolute atomic E-state index is 0.375. The zero-order chi connectivity index (χ0) is 18.7. The maximum atomic E-state index is 8.95. The van der Waals surface area contributed by atoms with E-state index in [9.17, 15) is 0 Å². The summed E-state index contributed by atoms with van der Waals surface area (Å²) in [6, 6.07) is 20.9. The van der Waals surface area contributed by atoms with E-state index in [-0.39, 0.29) is 0 Å². The van der Waals surface area contributed by atoms with E-state index in [0.717, 1.165) is 13.1 Å². The first-order valence-electron chi connectivity index (χ1n) is 9.62. The monoisotopic (exact) mass is 355 g/mol. The van der Waals surface area contributed by atoms with Crippen molar-refractivity contribution in [2.45, 2.75) is 58.0 Å². The fourth-order valence-corrected chi connectivity index (χ4v) is 2.78. The van der Waals surface area contributed by atoms with Crippen LogP contribution in [0.4, 0.5) is 0 Å². The van der Waals surface area contributed by atoms with Gasteiger partial charge in [-0.3, -0.25) is 4.79 Å². The number of ether oxygens (including phenoxy) is 1. The van der Waals surface area contributed by atoms with E-state index in [1.165, 1.54) is 63.2 Å². The predicted octanol–water partition coefficient (Wildman–Crippen LogP) is 5.50. The van der Waals surface area contributed by atoms with E-state index in [2.05, 4.69) is 58.6 Å². The van der Waals surface area contributed by atoms with E-state index in [1.54, 1.807) is 0 Å². The first-order chi connectivity index (χ1) is 12.9. The molecule has 142 valence electrons. The molecule has 1 fully saturated rings. The Bertz CT molecular complexity index is 483. The van der Waals surface area contributed by atoms with Gasteiger partial charge >= 0.3 is 0 Å². The zero-order valence-electron chi connectivity index (χ0n) is 16.0. The van der Waals surface area contributed by atoms with Crippen LogP contribution in [0.3, 0.4) is 0 Å². The van der Waals surface area contributed by atoms with Crippen LogP contribution in [0.5, 0.6) is 0 Å². The third kappa shape index (κ3) is 12.3. The van der Waals surface area contributed by atoms with Crippen molar-refractivity contribution in [3.63, 3.8) is 0 Å². The molecule has 0 amide bonds. The molecule has 1 aliphatic carbocycles. The lowest BCUT2D eigenvalue weighted by Crippen LogP contribution is -2.12. The van der Waals surface area contributed by atoms with Gasteiger partial charge in [0.2, 0.25) is 0 Å². The molecule has 0 radical (unpaired) electrons. The Labute approximate surface area is 158 Å². The summed E-state index contributed by atoms with van der Waals surface area (Å²) in [6.07, 6.45) is 10.5. The summed E-state index contributed by atoms with van der Waals surface area (Å²) in [5.41, 5.74) is 2.65. The molecule has 3 heteroatoms. The lowest BCUT2D eigenvalue weighted by molar-refractivity contribution is -0.126. The smallest absolute Gasteiger partial charge is 0.292 e. The van der Waals surface area contributed by atoms with E-state index in [4.69, 9.17) is 4.79 Å². The number of rotatable bonds is 5. The van der Waals surface area contributed by atoms with Gasteiger partial charge in [-0.05, 0) is 11.1 Å². The van der Waals surface area contributed by atoms with Crippen molar-refractivity contribution in [1.82, 2.24) is 5.32 Å². The van der Waals surface area contributed by atoms with Crippen LogP contribution in [0.2, 0.25) is 0 Å². The second-order valence-electron chi connectivity index (χ2n) is 6.38. The molecule has 2 aromatic rings. The second kappa shape index (κ2) is 16.3. The van der Waals surface area contributed by atoms with Crippen LogP contribution in [-0.4, -0.2) is 13.6 Å². The van der Waals surface area contributed by atoms with Gasteiger partial charge in [-0.2, -0.15) is 0 Å². The largest absolute Gasteiger partial charge is 0.471 e. The molecule has 0 unspecified atom stereocenters. The summed E-state index contributed by atoms with van der Waals surface area (Å²) in [5, 5.41) is 3.42. The first kappa shape index (κ1) is 21.9. The lowest BCUT2D eigenvalue weighted by Gasteiger charge is -2.04. The highest BCUT2D eigenvalue weighted by molar-refractivity contribution is 5.36. The molecule has 2 aromatic carbocycles. The fraction of sp³-hybridized carbons (Fsp3) is 0.435. The highest BCUT2D eigenvalue weighted by atomic mass is 16.5. The highest BCUT2D eigenvalue weighted by Crippen LogP contribution is 2.15. The van der Waals surface area contributed by atoms with Gasteiger partial charge in [0.25, 0.3) is 6.47 Å². The molecule has 0 aromatic heterocycles. The Kier molecular flexibility index (Phi) is 13.8. The Hall–Kier alpha value is -2.13. The van der Waals surface area contributed by atoms with Crippen LogP contribution in [0, 0.1) is 0 Å². The van der Waals surface area contributed by atoms with Crippen LogP contribution < -0.4 is 5.32 Å². The van der Waals surface area contributed by atoms with Gasteiger partial charge in [0, 0.05) is 13.1 Å². The molecule has 1 saturated carbocycles. The number of carbonyl (C=O) groups is 1. The van der Waals surface area contributed by atoms with E-state index >= 15 is 0 Å². The van der Waals surface area contributed by atoms with Crippen molar-refractivity contribution in [3.8, 4) is 0 Å². The number of hydrogen-bond acceptors (Lipinski definition) is 3. The van der Waals surface area contributed by atoms with Crippen molar-refractivity contribution >= 4 is 6.47 Å². The summed E-state index contributed by atoms with van der Waals surface area (Å²) in [4.78, 5) is 8.95. The Morgan fingerprint density at radius 1 is 0.731 bits per heavy atom. The van der Waals surface area contributed by atoms with Crippen molar-refractivity contribution in [2.75, 3.05) is 7.11 Å². The quantitative estimate of drug-likeness (QED) is 0.569. The number of methoxy groups -OCH3 is 1. The van der Waals surface area contributed by atoms with Crippen molar-refractivity contribution in [1.29, 1.82) is 0 Å². The highest BCUT2D eigenvalue weighted by Gasteiger charge is 1.95. The van der Waals surface area contributed by atoms with Crippen LogP contribution >= 0.6 is 0 Å². The number of nitrogens with one attached hydrogen (secondary N) is 1. The summed E-state index contributed by atoms with van der Waals surface area (Å²) in [7, 11) is 1.31. The third-order valence-electron chi connectivity index (χ3n) is 4.19. The van der Waals surface area contributed by atoms with Crippen LogP contribution in [0.15, 0.2) is 60.7 Å². The first-order valence-corrected chi connectivity index (χ1v) is 9.62. The average Bonchev–Trinajstić information content (AvgIpc) is 3.03. The van der Waals surface area contributed by atoms with Crippen LogP contribution in [0.1, 0.15) is 56.1 Å². The molecule has 26 heavy (non-hydrogen) atoms. The lowest BCUT2D eigenvalue weighted by atomic mass is 10.2. The number of benzene rings is 2. The number of carbonyl (C=O) groups excluding carboxylic acids is 1. The summed E-state index contributed by atoms with van der Waals surface area (Å²) >= 11 is 0. The molecule has 0 atom stereocenters. The van der Waals surface area contributed by atoms with E-state index < -0.39 is 0 Å². The summed E-state index contributed by atoms with van der Waals surface area (Å²) in [5.74, 6) is 0. The molecule has 3 nitrogen and oxygen atoms in total. The Morgan fingerprint density at radius 2 is 1.04 bits per heavy atom. The fourth-order valence-electron chi connectivity index (χ4n) is 2.78. The maximum Gasteiger partial charge on any atom is 0.292 e. The van der Waals surface area contributed by atoms with Crippen molar-refractivity contribution in [3.05, 3.63) is 71.8 Å². The van der Waals surface area contributed by atoms with Crippen LogP contribution in [0.25, 0.3) is 0 Å². The zero-order valence-corrected chi connectivity index (χ0v) is 16.0. The standard InChI is InChI=1S/C14H15N.C7H14.C2H4O2/c1-3-7-13(8-4-1)11-15-12-14-9-5-2-6-10-14;1-2-4-6-7-5-3-1;1-4-2-3/h1-10,15H,11-12H2;1-7H2;2H,1H3. The Morgan fingerprint density at radius 3 is 1.31 bits per heavy atom. The minimum Gasteiger partial charge on any atom is -0.471 e. The topological polar surface area (TPSA) is 38.3 Å². The predicted molar refractivity (Wildman–Crippen MR) is 109 cm³/mol. The molecule has 0 saturated heterocycles. The second-order valence-corrected chi connectivity index (χ2v) is 6.38. The molecule has 0 heterocycles. The summed E-state index contributed by atoms with van der Waals surface area (Å²) in [6.45, 7) is 2.23. The van der Waals surface area contributed by atoms with Gasteiger partial charge < -0.3 is 10.1 Å².